The maximum absolute atomic E-state index is 10.2. The van der Waals surface area contributed by atoms with E-state index in [2.05, 4.69) is 16.7 Å². The summed E-state index contributed by atoms with van der Waals surface area (Å²) in [5.41, 5.74) is 1.83. The molecule has 118 valence electrons. The number of methoxy groups -OCH3 is 1. The Morgan fingerprint density at radius 1 is 1.04 bits per heavy atom. The summed E-state index contributed by atoms with van der Waals surface area (Å²) in [5, 5.41) is 10.2. The molecule has 0 spiro atoms. The van der Waals surface area contributed by atoms with E-state index < -0.39 is 0 Å². The van der Waals surface area contributed by atoms with Gasteiger partial charge in [-0.2, -0.15) is 0 Å². The second-order valence-electron chi connectivity index (χ2n) is 5.70. The molecule has 3 nitrogen and oxygen atoms in total. The predicted octanol–water partition coefficient (Wildman–Crippen LogP) is 3.59. The summed E-state index contributed by atoms with van der Waals surface area (Å²) in [7, 11) is 1.66. The fraction of sp³-hybridized carbons (Fsp3) is 0.300. The van der Waals surface area contributed by atoms with Crippen molar-refractivity contribution < 1.29 is 9.84 Å². The minimum absolute atomic E-state index is 0.0687. The Labute approximate surface area is 137 Å². The minimum atomic E-state index is -0.0687. The fourth-order valence-electron chi connectivity index (χ4n) is 2.91. The number of ether oxygens (including phenoxy) is 1. The van der Waals surface area contributed by atoms with Crippen molar-refractivity contribution in [2.75, 3.05) is 20.2 Å². The topological polar surface area (TPSA) is 32.7 Å². The quantitative estimate of drug-likeness (QED) is 0.880. The average molecular weight is 307 g/mol. The molecule has 0 aliphatic carbocycles. The smallest absolute Gasteiger partial charge is 0.121 e. The van der Waals surface area contributed by atoms with E-state index in [1.807, 2.05) is 42.5 Å². The third kappa shape index (κ3) is 3.67. The molecule has 0 aromatic heterocycles. The van der Waals surface area contributed by atoms with E-state index in [4.69, 9.17) is 4.74 Å². The van der Waals surface area contributed by atoms with Gasteiger partial charge in [0.15, 0.2) is 0 Å². The number of para-hydroxylation sites is 1. The number of likely N-dealkylation sites (tertiary alicyclic amines) is 1. The molecule has 1 aliphatic heterocycles. The van der Waals surface area contributed by atoms with E-state index in [1.165, 1.54) is 12.8 Å². The van der Waals surface area contributed by atoms with Gasteiger partial charge in [0.05, 0.1) is 7.11 Å². The molecule has 2 aromatic rings. The summed E-state index contributed by atoms with van der Waals surface area (Å²) in [6.07, 6.45) is 2.38. The highest BCUT2D eigenvalue weighted by Gasteiger charge is 2.23. The molecule has 1 atom stereocenters. The monoisotopic (exact) mass is 307 g/mol. The third-order valence-electron chi connectivity index (χ3n) is 4.18. The Hall–Kier alpha value is -2.44. The van der Waals surface area contributed by atoms with Crippen LogP contribution in [0.5, 0.6) is 11.5 Å². The van der Waals surface area contributed by atoms with Gasteiger partial charge in [0.1, 0.15) is 17.5 Å². The normalized spacial score (nSPS) is 15.7. The van der Waals surface area contributed by atoms with Crippen LogP contribution in [0, 0.1) is 11.8 Å². The molecule has 1 fully saturated rings. The molecule has 1 N–H and O–H groups in total. The van der Waals surface area contributed by atoms with Crippen molar-refractivity contribution >= 4 is 0 Å². The number of aromatic hydroxyl groups is 1. The van der Waals surface area contributed by atoms with Crippen LogP contribution in [0.15, 0.2) is 48.5 Å². The van der Waals surface area contributed by atoms with Gasteiger partial charge in [-0.25, -0.2) is 0 Å². The number of nitrogens with zero attached hydrogens (tertiary/aromatic N) is 1. The Bertz CT molecular complexity index is 706. The van der Waals surface area contributed by atoms with Crippen LogP contribution >= 0.6 is 0 Å². The highest BCUT2D eigenvalue weighted by molar-refractivity contribution is 5.43. The summed E-state index contributed by atoms with van der Waals surface area (Å²) in [4.78, 5) is 2.34. The molecule has 1 saturated heterocycles. The van der Waals surface area contributed by atoms with Crippen molar-refractivity contribution in [3.05, 3.63) is 59.7 Å². The summed E-state index contributed by atoms with van der Waals surface area (Å²) in [6, 6.07) is 15.2. The fourth-order valence-corrected chi connectivity index (χ4v) is 2.91. The first kappa shape index (κ1) is 15.5. The molecule has 2 aromatic carbocycles. The minimum Gasteiger partial charge on any atom is -0.508 e. The number of hydrogen-bond donors (Lipinski definition) is 1. The van der Waals surface area contributed by atoms with Crippen LogP contribution in [0.25, 0.3) is 0 Å². The Morgan fingerprint density at radius 3 is 2.39 bits per heavy atom. The zero-order valence-electron chi connectivity index (χ0n) is 13.3. The van der Waals surface area contributed by atoms with Crippen LogP contribution in [0.2, 0.25) is 0 Å². The van der Waals surface area contributed by atoms with Crippen LogP contribution in [-0.4, -0.2) is 30.2 Å². The van der Waals surface area contributed by atoms with Gasteiger partial charge in [-0.1, -0.05) is 30.0 Å². The standard InChI is InChI=1S/C20H21NO2/c1-23-17-11-8-16(9-12-17)10-13-19(21-14-4-5-15-21)18-6-2-3-7-20(18)22/h2-3,6-9,11-12,19,22H,4-5,14-15H2,1H3. The summed E-state index contributed by atoms with van der Waals surface area (Å²) >= 11 is 0. The summed E-state index contributed by atoms with van der Waals surface area (Å²) < 4.78 is 5.17. The second kappa shape index (κ2) is 7.21. The van der Waals surface area contributed by atoms with Gasteiger partial charge in [-0.05, 0) is 56.3 Å². The molecule has 0 amide bonds. The molecule has 0 bridgehead atoms. The van der Waals surface area contributed by atoms with Crippen molar-refractivity contribution in [3.63, 3.8) is 0 Å². The number of benzene rings is 2. The SMILES string of the molecule is COc1ccc(C#CC(c2ccccc2O)N2CCCC2)cc1. The number of rotatable bonds is 3. The molecule has 0 radical (unpaired) electrons. The highest BCUT2D eigenvalue weighted by Crippen LogP contribution is 2.30. The number of hydrogen-bond acceptors (Lipinski definition) is 3. The summed E-state index contributed by atoms with van der Waals surface area (Å²) in [6.45, 7) is 2.05. The first-order valence-electron chi connectivity index (χ1n) is 7.95. The molecule has 1 aliphatic rings. The molecule has 3 rings (SSSR count). The van der Waals surface area contributed by atoms with Crippen LogP contribution in [0.3, 0.4) is 0 Å². The lowest BCUT2D eigenvalue weighted by atomic mass is 10.0. The van der Waals surface area contributed by atoms with Gasteiger partial charge < -0.3 is 9.84 Å². The van der Waals surface area contributed by atoms with E-state index >= 15 is 0 Å². The van der Waals surface area contributed by atoms with Crippen molar-refractivity contribution in [2.45, 2.75) is 18.9 Å². The van der Waals surface area contributed by atoms with Crippen LogP contribution < -0.4 is 4.74 Å². The molecule has 1 unspecified atom stereocenters. The lowest BCUT2D eigenvalue weighted by Gasteiger charge is -2.23. The Kier molecular flexibility index (Phi) is 4.85. The largest absolute Gasteiger partial charge is 0.508 e. The summed E-state index contributed by atoms with van der Waals surface area (Å²) in [5.74, 6) is 7.73. The third-order valence-corrected chi connectivity index (χ3v) is 4.18. The van der Waals surface area contributed by atoms with E-state index in [1.54, 1.807) is 13.2 Å². The number of phenols is 1. The van der Waals surface area contributed by atoms with E-state index in [9.17, 15) is 5.11 Å². The van der Waals surface area contributed by atoms with Gasteiger partial charge in [-0.15, -0.1) is 0 Å². The molecule has 3 heteroatoms. The van der Waals surface area contributed by atoms with Gasteiger partial charge in [0, 0.05) is 11.1 Å². The number of phenolic OH excluding ortho intramolecular Hbond substituents is 1. The van der Waals surface area contributed by atoms with E-state index in [0.29, 0.717) is 5.75 Å². The maximum atomic E-state index is 10.2. The molecule has 0 saturated carbocycles. The zero-order chi connectivity index (χ0) is 16.1. The van der Waals surface area contributed by atoms with Crippen molar-refractivity contribution in [1.29, 1.82) is 0 Å². The molecule has 1 heterocycles. The second-order valence-corrected chi connectivity index (χ2v) is 5.70. The molecular formula is C20H21NO2. The van der Waals surface area contributed by atoms with Gasteiger partial charge >= 0.3 is 0 Å². The van der Waals surface area contributed by atoms with Crippen molar-refractivity contribution in [1.82, 2.24) is 4.90 Å². The maximum Gasteiger partial charge on any atom is 0.121 e. The molecule has 23 heavy (non-hydrogen) atoms. The van der Waals surface area contributed by atoms with Crippen molar-refractivity contribution in [2.24, 2.45) is 0 Å². The first-order valence-corrected chi connectivity index (χ1v) is 7.95. The van der Waals surface area contributed by atoms with Gasteiger partial charge in [0.2, 0.25) is 0 Å². The Balaban J connectivity index is 1.90. The van der Waals surface area contributed by atoms with Crippen LogP contribution in [0.1, 0.15) is 30.0 Å². The van der Waals surface area contributed by atoms with E-state index in [-0.39, 0.29) is 6.04 Å². The van der Waals surface area contributed by atoms with Crippen LogP contribution in [0.4, 0.5) is 0 Å². The highest BCUT2D eigenvalue weighted by atomic mass is 16.5. The van der Waals surface area contributed by atoms with Gasteiger partial charge in [-0.3, -0.25) is 4.90 Å². The Morgan fingerprint density at radius 2 is 1.74 bits per heavy atom. The first-order chi connectivity index (χ1) is 11.3. The lowest BCUT2D eigenvalue weighted by Crippen LogP contribution is -2.24. The van der Waals surface area contributed by atoms with E-state index in [0.717, 1.165) is 30.0 Å². The predicted molar refractivity (Wildman–Crippen MR) is 91.5 cm³/mol. The lowest BCUT2D eigenvalue weighted by molar-refractivity contribution is 0.290. The molecular weight excluding hydrogens is 286 g/mol. The van der Waals surface area contributed by atoms with Crippen LogP contribution in [-0.2, 0) is 0 Å². The average Bonchev–Trinajstić information content (AvgIpc) is 3.11. The van der Waals surface area contributed by atoms with Crippen molar-refractivity contribution in [3.8, 4) is 23.3 Å². The zero-order valence-corrected chi connectivity index (χ0v) is 13.3. The van der Waals surface area contributed by atoms with Gasteiger partial charge in [0.25, 0.3) is 0 Å².